The molecular weight excluding hydrogens is 423 g/mol. The number of ether oxygens (including phenoxy) is 2. The molecule has 11 heteroatoms. The van der Waals surface area contributed by atoms with Crippen molar-refractivity contribution in [3.8, 4) is 5.75 Å². The summed E-state index contributed by atoms with van der Waals surface area (Å²) in [5.41, 5.74) is 0.358. The Labute approximate surface area is 155 Å². The van der Waals surface area contributed by atoms with Crippen molar-refractivity contribution in [2.24, 2.45) is 0 Å². The fraction of sp³-hybridized carbons (Fsp3) is 0.455. The van der Waals surface area contributed by atoms with E-state index in [9.17, 15) is 10.1 Å². The molecule has 0 N–H and O–H groups in total. The molecule has 0 radical (unpaired) electrons. The second-order valence-electron chi connectivity index (χ2n) is 4.48. The van der Waals surface area contributed by atoms with E-state index in [-0.39, 0.29) is 17.0 Å². The van der Waals surface area contributed by atoms with Gasteiger partial charge in [0, 0.05) is 17.2 Å². The first kappa shape index (κ1) is 18.5. The van der Waals surface area contributed by atoms with Crippen LogP contribution in [0.4, 0.5) is 5.69 Å². The molecule has 122 valence electrons. The summed E-state index contributed by atoms with van der Waals surface area (Å²) in [6, 6.07) is 2.62. The molecule has 0 aromatic heterocycles. The Kier molecular flexibility index (Phi) is 5.21. The molecule has 0 saturated heterocycles. The van der Waals surface area contributed by atoms with Crippen LogP contribution in [0.5, 0.6) is 5.75 Å². The molecule has 1 aliphatic rings. The summed E-state index contributed by atoms with van der Waals surface area (Å²) in [6.45, 7) is 1.53. The Morgan fingerprint density at radius 1 is 1.14 bits per heavy atom. The molecule has 0 saturated carbocycles. The minimum atomic E-state index is -1.95. The molecule has 0 spiro atoms. The third kappa shape index (κ3) is 3.78. The molecule has 1 aromatic rings. The molecule has 1 heterocycles. The first-order chi connectivity index (χ1) is 9.91. The van der Waals surface area contributed by atoms with E-state index in [4.69, 9.17) is 79.1 Å². The normalized spacial score (nSPS) is 22.0. The first-order valence-electron chi connectivity index (χ1n) is 5.65. The van der Waals surface area contributed by atoms with E-state index in [1.807, 2.05) is 0 Å². The fourth-order valence-electron chi connectivity index (χ4n) is 1.93. The standard InChI is InChI=1S/C11H7Cl6NO4/c1-4-2-7-5(3-6(4)18(19)20)8(10(12,13)14)22-9(21-7)11(15,16)17/h2-3,8-9H,1H3/t8-,9-/m0/s1. The number of hydrogen-bond donors (Lipinski definition) is 0. The molecule has 1 aromatic carbocycles. The predicted octanol–water partition coefficient (Wildman–Crippen LogP) is 5.42. The smallest absolute Gasteiger partial charge is 0.272 e. The number of aryl methyl sites for hydroxylation is 1. The lowest BCUT2D eigenvalue weighted by Crippen LogP contribution is -2.42. The van der Waals surface area contributed by atoms with Crippen molar-refractivity contribution in [1.82, 2.24) is 0 Å². The highest BCUT2D eigenvalue weighted by atomic mass is 35.6. The van der Waals surface area contributed by atoms with Gasteiger partial charge in [0.05, 0.1) is 4.92 Å². The maximum absolute atomic E-state index is 11.0. The van der Waals surface area contributed by atoms with Gasteiger partial charge in [-0.15, -0.1) is 0 Å². The highest BCUT2D eigenvalue weighted by molar-refractivity contribution is 6.68. The van der Waals surface area contributed by atoms with Crippen molar-refractivity contribution >= 4 is 75.3 Å². The average molecular weight is 430 g/mol. The summed E-state index contributed by atoms with van der Waals surface area (Å²) >= 11 is 34.9. The third-order valence-electron chi connectivity index (χ3n) is 2.87. The van der Waals surface area contributed by atoms with Gasteiger partial charge in [-0.3, -0.25) is 10.1 Å². The maximum Gasteiger partial charge on any atom is 0.272 e. The van der Waals surface area contributed by atoms with E-state index in [2.05, 4.69) is 0 Å². The van der Waals surface area contributed by atoms with Crippen LogP contribution in [0.3, 0.4) is 0 Å². The zero-order valence-electron chi connectivity index (χ0n) is 10.7. The Hall–Kier alpha value is 0.120. The summed E-state index contributed by atoms with van der Waals surface area (Å²) in [4.78, 5) is 10.5. The molecule has 0 fully saturated rings. The largest absolute Gasteiger partial charge is 0.460 e. The zero-order chi connectivity index (χ0) is 16.9. The molecule has 2 rings (SSSR count). The highest BCUT2D eigenvalue weighted by Crippen LogP contribution is 2.52. The zero-order valence-corrected chi connectivity index (χ0v) is 15.2. The topological polar surface area (TPSA) is 61.6 Å². The van der Waals surface area contributed by atoms with Gasteiger partial charge in [0.2, 0.25) is 10.1 Å². The number of rotatable bonds is 1. The van der Waals surface area contributed by atoms with Crippen molar-refractivity contribution in [2.45, 2.75) is 26.9 Å². The second kappa shape index (κ2) is 6.20. The molecule has 22 heavy (non-hydrogen) atoms. The molecule has 0 aliphatic carbocycles. The van der Waals surface area contributed by atoms with Gasteiger partial charge in [-0.2, -0.15) is 0 Å². The quantitative estimate of drug-likeness (QED) is 0.339. The number of halogens is 6. The number of hydrogen-bond acceptors (Lipinski definition) is 4. The van der Waals surface area contributed by atoms with Crippen LogP contribution in [0.2, 0.25) is 0 Å². The number of nitro groups is 1. The fourth-order valence-corrected chi connectivity index (χ4v) is 2.72. The number of benzene rings is 1. The summed E-state index contributed by atoms with van der Waals surface area (Å²) in [6.07, 6.45) is -2.55. The Balaban J connectivity index is 2.59. The van der Waals surface area contributed by atoms with Crippen LogP contribution in [0, 0.1) is 17.0 Å². The lowest BCUT2D eigenvalue weighted by molar-refractivity contribution is -0.385. The number of nitro benzene ring substituents is 1. The van der Waals surface area contributed by atoms with Crippen molar-refractivity contribution in [3.05, 3.63) is 33.4 Å². The van der Waals surface area contributed by atoms with Crippen LogP contribution in [-0.2, 0) is 4.74 Å². The first-order valence-corrected chi connectivity index (χ1v) is 7.92. The van der Waals surface area contributed by atoms with Crippen LogP contribution in [0.25, 0.3) is 0 Å². The van der Waals surface area contributed by atoms with Crippen molar-refractivity contribution < 1.29 is 14.4 Å². The van der Waals surface area contributed by atoms with Gasteiger partial charge in [0.1, 0.15) is 11.9 Å². The van der Waals surface area contributed by atoms with Crippen molar-refractivity contribution in [2.75, 3.05) is 0 Å². The Morgan fingerprint density at radius 2 is 1.73 bits per heavy atom. The van der Waals surface area contributed by atoms with Crippen LogP contribution in [0.15, 0.2) is 12.1 Å². The molecule has 2 atom stereocenters. The van der Waals surface area contributed by atoms with E-state index >= 15 is 0 Å². The second-order valence-corrected chi connectivity index (χ2v) is 9.22. The number of fused-ring (bicyclic) bond motifs is 1. The van der Waals surface area contributed by atoms with Gasteiger partial charge in [0.25, 0.3) is 9.48 Å². The molecular formula is C11H7Cl6NO4. The van der Waals surface area contributed by atoms with Gasteiger partial charge in [-0.1, -0.05) is 69.6 Å². The van der Waals surface area contributed by atoms with E-state index in [1.54, 1.807) is 0 Å². The summed E-state index contributed by atoms with van der Waals surface area (Å²) in [5, 5.41) is 11.0. The van der Waals surface area contributed by atoms with E-state index in [0.29, 0.717) is 5.56 Å². The lowest BCUT2D eigenvalue weighted by atomic mass is 10.0. The SMILES string of the molecule is Cc1cc2c(cc1[N+](=O)[O-])[C@@H](C(Cl)(Cl)Cl)O[C@@H](C(Cl)(Cl)Cl)O2. The van der Waals surface area contributed by atoms with Crippen LogP contribution >= 0.6 is 69.6 Å². The maximum atomic E-state index is 11.0. The Morgan fingerprint density at radius 3 is 2.18 bits per heavy atom. The Bertz CT molecular complexity index is 612. The molecule has 0 bridgehead atoms. The predicted molar refractivity (Wildman–Crippen MR) is 86.7 cm³/mol. The molecule has 5 nitrogen and oxygen atoms in total. The molecule has 1 aliphatic heterocycles. The third-order valence-corrected chi connectivity index (χ3v) is 3.99. The van der Waals surface area contributed by atoms with Gasteiger partial charge < -0.3 is 9.47 Å². The molecule has 0 unspecified atom stereocenters. The van der Waals surface area contributed by atoms with Crippen molar-refractivity contribution in [3.63, 3.8) is 0 Å². The van der Waals surface area contributed by atoms with Gasteiger partial charge in [0.15, 0.2) is 0 Å². The number of nitrogens with zero attached hydrogens (tertiary/aromatic N) is 1. The van der Waals surface area contributed by atoms with Crippen LogP contribution in [-0.4, -0.2) is 18.8 Å². The average Bonchev–Trinajstić information content (AvgIpc) is 2.33. The van der Waals surface area contributed by atoms with E-state index < -0.39 is 24.9 Å². The van der Waals surface area contributed by atoms with Crippen molar-refractivity contribution in [1.29, 1.82) is 0 Å². The van der Waals surface area contributed by atoms with Gasteiger partial charge in [-0.25, -0.2) is 0 Å². The summed E-state index contributed by atoms with van der Waals surface area (Å²) < 4.78 is 6.91. The monoisotopic (exact) mass is 427 g/mol. The van der Waals surface area contributed by atoms with E-state index in [0.717, 1.165) is 0 Å². The summed E-state index contributed by atoms with van der Waals surface area (Å²) in [7, 11) is 0. The molecule has 0 amide bonds. The van der Waals surface area contributed by atoms with Crippen LogP contribution in [0.1, 0.15) is 17.2 Å². The van der Waals surface area contributed by atoms with Gasteiger partial charge in [-0.05, 0) is 13.0 Å². The minimum absolute atomic E-state index is 0.169. The minimum Gasteiger partial charge on any atom is -0.460 e. The highest BCUT2D eigenvalue weighted by Gasteiger charge is 2.48. The van der Waals surface area contributed by atoms with Crippen LogP contribution < -0.4 is 4.74 Å². The lowest BCUT2D eigenvalue weighted by Gasteiger charge is -2.38. The van der Waals surface area contributed by atoms with Gasteiger partial charge >= 0.3 is 0 Å². The summed E-state index contributed by atoms with van der Waals surface area (Å²) in [5.74, 6) is 0.182. The number of alkyl halides is 6. The van der Waals surface area contributed by atoms with E-state index in [1.165, 1.54) is 19.1 Å².